The van der Waals surface area contributed by atoms with Crippen LogP contribution in [0.5, 0.6) is 11.6 Å². The molecule has 0 saturated heterocycles. The van der Waals surface area contributed by atoms with Crippen LogP contribution >= 0.6 is 11.6 Å². The molecule has 0 bridgehead atoms. The molecule has 0 amide bonds. The van der Waals surface area contributed by atoms with E-state index in [1.807, 2.05) is 54.6 Å². The maximum absolute atomic E-state index is 10.7. The summed E-state index contributed by atoms with van der Waals surface area (Å²) >= 11 is 6.24. The molecule has 0 atom stereocenters. The van der Waals surface area contributed by atoms with Crippen molar-refractivity contribution in [2.45, 2.75) is 6.61 Å². The maximum Gasteiger partial charge on any atom is 0.341 e. The van der Waals surface area contributed by atoms with Crippen molar-refractivity contribution in [3.63, 3.8) is 0 Å². The van der Waals surface area contributed by atoms with Crippen molar-refractivity contribution in [2.75, 3.05) is 6.61 Å². The summed E-state index contributed by atoms with van der Waals surface area (Å²) in [6, 6.07) is 25.9. The summed E-state index contributed by atoms with van der Waals surface area (Å²) in [5, 5.41) is 9.39. The number of nitrogens with zero attached hydrogens (tertiary/aromatic N) is 2. The highest BCUT2D eigenvalue weighted by atomic mass is 35.5. The summed E-state index contributed by atoms with van der Waals surface area (Å²) in [7, 11) is 0. The van der Waals surface area contributed by atoms with Crippen LogP contribution in [-0.2, 0) is 11.4 Å². The van der Waals surface area contributed by atoms with Crippen LogP contribution in [0.1, 0.15) is 5.56 Å². The number of aromatic nitrogens is 2. The fourth-order valence-electron chi connectivity index (χ4n) is 3.00. The largest absolute Gasteiger partial charge is 0.482 e. The Morgan fingerprint density at radius 1 is 0.844 bits per heavy atom. The molecule has 0 aliphatic heterocycles. The molecule has 4 aromatic rings. The Bertz CT molecular complexity index is 1210. The van der Waals surface area contributed by atoms with E-state index in [1.54, 1.807) is 30.3 Å². The molecule has 1 N–H and O–H groups in total. The molecule has 6 nitrogen and oxygen atoms in total. The minimum Gasteiger partial charge on any atom is -0.482 e. The van der Waals surface area contributed by atoms with Gasteiger partial charge in [0.1, 0.15) is 12.4 Å². The Labute approximate surface area is 190 Å². The van der Waals surface area contributed by atoms with Crippen molar-refractivity contribution in [1.29, 1.82) is 0 Å². The molecular weight excluding hydrogens is 428 g/mol. The molecule has 32 heavy (non-hydrogen) atoms. The van der Waals surface area contributed by atoms with Crippen molar-refractivity contribution in [1.82, 2.24) is 9.97 Å². The van der Waals surface area contributed by atoms with Gasteiger partial charge >= 0.3 is 5.97 Å². The number of rotatable bonds is 8. The Morgan fingerprint density at radius 3 is 2.28 bits per heavy atom. The standard InChI is InChI=1S/C25H19ClN2O4/c26-21-9-5-4-8-19(21)15-32-23-14-22(17-6-2-1-3-7-17)27-25(28-23)18-10-12-20(13-11-18)31-16-24(29)30/h1-14H,15-16H2,(H,29,30). The van der Waals surface area contributed by atoms with E-state index in [9.17, 15) is 4.79 Å². The molecule has 0 aliphatic rings. The minimum atomic E-state index is -1.03. The van der Waals surface area contributed by atoms with Crippen LogP contribution in [-0.4, -0.2) is 27.7 Å². The third-order valence-electron chi connectivity index (χ3n) is 4.58. The number of benzene rings is 3. The molecule has 7 heteroatoms. The fraction of sp³-hybridized carbons (Fsp3) is 0.0800. The molecule has 0 unspecified atom stereocenters. The molecule has 3 aromatic carbocycles. The van der Waals surface area contributed by atoms with E-state index in [0.29, 0.717) is 22.5 Å². The van der Waals surface area contributed by atoms with E-state index < -0.39 is 12.6 Å². The number of carboxylic acids is 1. The van der Waals surface area contributed by atoms with Crippen LogP contribution in [0.15, 0.2) is 84.9 Å². The van der Waals surface area contributed by atoms with Gasteiger partial charge in [0, 0.05) is 27.8 Å². The number of aliphatic carboxylic acids is 1. The summed E-state index contributed by atoms with van der Waals surface area (Å²) in [4.78, 5) is 20.0. The summed E-state index contributed by atoms with van der Waals surface area (Å²) in [6.07, 6.45) is 0. The Morgan fingerprint density at radius 2 is 1.56 bits per heavy atom. The number of hydrogen-bond acceptors (Lipinski definition) is 5. The van der Waals surface area contributed by atoms with Gasteiger partial charge in [-0.05, 0) is 30.3 Å². The average Bonchev–Trinajstić information content (AvgIpc) is 2.83. The van der Waals surface area contributed by atoms with Gasteiger partial charge in [0.2, 0.25) is 5.88 Å². The van der Waals surface area contributed by atoms with E-state index in [2.05, 4.69) is 4.98 Å². The highest BCUT2D eigenvalue weighted by molar-refractivity contribution is 6.31. The second-order valence-electron chi connectivity index (χ2n) is 6.87. The zero-order chi connectivity index (χ0) is 22.3. The Balaban J connectivity index is 1.64. The van der Waals surface area contributed by atoms with Gasteiger partial charge in [-0.15, -0.1) is 0 Å². The minimum absolute atomic E-state index is 0.270. The molecule has 0 saturated carbocycles. The van der Waals surface area contributed by atoms with Crippen molar-refractivity contribution in [2.24, 2.45) is 0 Å². The lowest BCUT2D eigenvalue weighted by Crippen LogP contribution is -2.09. The van der Waals surface area contributed by atoms with E-state index in [4.69, 9.17) is 31.2 Å². The van der Waals surface area contributed by atoms with Gasteiger partial charge in [-0.3, -0.25) is 0 Å². The van der Waals surface area contributed by atoms with Crippen LogP contribution in [0.2, 0.25) is 5.02 Å². The number of carbonyl (C=O) groups is 1. The highest BCUT2D eigenvalue weighted by Gasteiger charge is 2.11. The van der Waals surface area contributed by atoms with Crippen LogP contribution in [0.4, 0.5) is 0 Å². The lowest BCUT2D eigenvalue weighted by Gasteiger charge is -2.11. The first-order valence-electron chi connectivity index (χ1n) is 9.84. The van der Waals surface area contributed by atoms with E-state index in [1.165, 1.54) is 0 Å². The first-order chi connectivity index (χ1) is 15.6. The van der Waals surface area contributed by atoms with Crippen molar-refractivity contribution in [3.05, 3.63) is 95.5 Å². The smallest absolute Gasteiger partial charge is 0.341 e. The highest BCUT2D eigenvalue weighted by Crippen LogP contribution is 2.27. The average molecular weight is 447 g/mol. The molecule has 1 aromatic heterocycles. The van der Waals surface area contributed by atoms with Crippen LogP contribution in [0.3, 0.4) is 0 Å². The number of ether oxygens (including phenoxy) is 2. The van der Waals surface area contributed by atoms with Gasteiger partial charge in [0.15, 0.2) is 12.4 Å². The van der Waals surface area contributed by atoms with Crippen LogP contribution in [0, 0.1) is 0 Å². The lowest BCUT2D eigenvalue weighted by molar-refractivity contribution is -0.139. The Hall–Kier alpha value is -3.90. The number of halogens is 1. The molecule has 0 aliphatic carbocycles. The van der Waals surface area contributed by atoms with Crippen molar-refractivity contribution < 1.29 is 19.4 Å². The molecule has 0 radical (unpaired) electrons. The third kappa shape index (κ3) is 5.42. The topological polar surface area (TPSA) is 81.5 Å². The monoisotopic (exact) mass is 446 g/mol. The zero-order valence-corrected chi connectivity index (χ0v) is 17.7. The van der Waals surface area contributed by atoms with Gasteiger partial charge in [0.25, 0.3) is 0 Å². The quantitative estimate of drug-likeness (QED) is 0.384. The second-order valence-corrected chi connectivity index (χ2v) is 7.28. The van der Waals surface area contributed by atoms with E-state index in [0.717, 1.165) is 22.4 Å². The van der Waals surface area contributed by atoms with Gasteiger partial charge in [-0.1, -0.05) is 60.1 Å². The molecule has 160 valence electrons. The maximum atomic E-state index is 10.7. The first kappa shape index (κ1) is 21.3. The Kier molecular flexibility index (Phi) is 6.63. The third-order valence-corrected chi connectivity index (χ3v) is 4.95. The van der Waals surface area contributed by atoms with E-state index in [-0.39, 0.29) is 6.61 Å². The molecule has 0 fully saturated rings. The summed E-state index contributed by atoms with van der Waals surface area (Å²) in [6.45, 7) is -0.133. The summed E-state index contributed by atoms with van der Waals surface area (Å²) in [5.41, 5.74) is 3.25. The number of hydrogen-bond donors (Lipinski definition) is 1. The van der Waals surface area contributed by atoms with E-state index >= 15 is 0 Å². The molecule has 0 spiro atoms. The molecular formula is C25H19ClN2O4. The molecule has 1 heterocycles. The predicted octanol–water partition coefficient (Wildman–Crippen LogP) is 5.51. The number of carboxylic acid groups (broad SMARTS) is 1. The van der Waals surface area contributed by atoms with Gasteiger partial charge < -0.3 is 14.6 Å². The zero-order valence-electron chi connectivity index (χ0n) is 16.9. The van der Waals surface area contributed by atoms with Gasteiger partial charge in [0.05, 0.1) is 5.69 Å². The predicted molar refractivity (Wildman–Crippen MR) is 122 cm³/mol. The van der Waals surface area contributed by atoms with Crippen molar-refractivity contribution >= 4 is 17.6 Å². The summed E-state index contributed by atoms with van der Waals surface area (Å²) in [5.74, 6) is 0.309. The van der Waals surface area contributed by atoms with Crippen molar-refractivity contribution in [3.8, 4) is 34.3 Å². The normalized spacial score (nSPS) is 10.5. The summed E-state index contributed by atoms with van der Waals surface area (Å²) < 4.78 is 11.2. The van der Waals surface area contributed by atoms with Crippen LogP contribution in [0.25, 0.3) is 22.6 Å². The first-order valence-corrected chi connectivity index (χ1v) is 10.2. The second kappa shape index (κ2) is 9.94. The van der Waals surface area contributed by atoms with Crippen LogP contribution < -0.4 is 9.47 Å². The lowest BCUT2D eigenvalue weighted by atomic mass is 10.1. The fourth-order valence-corrected chi connectivity index (χ4v) is 3.19. The molecule has 4 rings (SSSR count). The SMILES string of the molecule is O=C(O)COc1ccc(-c2nc(OCc3ccccc3Cl)cc(-c3ccccc3)n2)cc1. The van der Waals surface area contributed by atoms with Gasteiger partial charge in [-0.25, -0.2) is 9.78 Å². The van der Waals surface area contributed by atoms with Gasteiger partial charge in [-0.2, -0.15) is 4.98 Å².